The van der Waals surface area contributed by atoms with Crippen LogP contribution >= 0.6 is 0 Å². The average molecular weight is 288 g/mol. The lowest BCUT2D eigenvalue weighted by atomic mass is 10.1. The second-order valence-corrected chi connectivity index (χ2v) is 4.02. The molecule has 0 fully saturated rings. The highest BCUT2D eigenvalue weighted by Gasteiger charge is 2.20. The van der Waals surface area contributed by atoms with Gasteiger partial charge in [0.15, 0.2) is 5.69 Å². The van der Waals surface area contributed by atoms with Gasteiger partial charge in [0.05, 0.1) is 24.0 Å². The monoisotopic (exact) mass is 288 g/mol. The molecule has 0 aliphatic carbocycles. The average Bonchev–Trinajstić information content (AvgIpc) is 2.47. The number of methoxy groups -OCH3 is 1. The number of aromatic nitrogens is 1. The van der Waals surface area contributed by atoms with E-state index in [-0.39, 0.29) is 16.9 Å². The Morgan fingerprint density at radius 2 is 1.86 bits per heavy atom. The van der Waals surface area contributed by atoms with Gasteiger partial charge in [-0.3, -0.25) is 0 Å². The van der Waals surface area contributed by atoms with Crippen LogP contribution < -0.4 is 10.1 Å². The summed E-state index contributed by atoms with van der Waals surface area (Å²) in [7, 11) is 1.46. The van der Waals surface area contributed by atoms with Crippen molar-refractivity contribution in [3.05, 3.63) is 47.8 Å². The second-order valence-electron chi connectivity index (χ2n) is 4.02. The van der Waals surface area contributed by atoms with Gasteiger partial charge in [-0.05, 0) is 18.2 Å². The molecule has 21 heavy (non-hydrogen) atoms. The first-order valence-corrected chi connectivity index (χ1v) is 5.90. The Morgan fingerprint density at radius 1 is 1.14 bits per heavy atom. The maximum Gasteiger partial charge on any atom is 0.356 e. The smallest absolute Gasteiger partial charge is 0.356 e. The Hall–Kier alpha value is -3.09. The van der Waals surface area contributed by atoms with E-state index in [0.717, 1.165) is 6.20 Å². The van der Waals surface area contributed by atoms with E-state index in [9.17, 15) is 14.7 Å². The highest BCUT2D eigenvalue weighted by atomic mass is 16.5. The molecule has 1 aromatic heterocycles. The van der Waals surface area contributed by atoms with Crippen LogP contribution in [0.25, 0.3) is 0 Å². The fourth-order valence-electron chi connectivity index (χ4n) is 1.81. The number of carbonyl (C=O) groups is 2. The van der Waals surface area contributed by atoms with Gasteiger partial charge in [0.25, 0.3) is 0 Å². The first-order chi connectivity index (χ1) is 10.0. The summed E-state index contributed by atoms with van der Waals surface area (Å²) in [6, 6.07) is 7.99. The Kier molecular flexibility index (Phi) is 4.03. The van der Waals surface area contributed by atoms with Gasteiger partial charge in [0, 0.05) is 6.20 Å². The molecule has 1 aromatic carbocycles. The fourth-order valence-corrected chi connectivity index (χ4v) is 1.81. The molecule has 3 N–H and O–H groups in total. The lowest BCUT2D eigenvalue weighted by Gasteiger charge is -2.14. The number of ether oxygens (including phenoxy) is 1. The summed E-state index contributed by atoms with van der Waals surface area (Å²) < 4.78 is 5.14. The molecule has 0 saturated carbocycles. The molecule has 108 valence electrons. The van der Waals surface area contributed by atoms with E-state index in [0.29, 0.717) is 11.4 Å². The molecule has 0 amide bonds. The molecule has 0 aliphatic rings. The van der Waals surface area contributed by atoms with E-state index in [1.165, 1.54) is 13.2 Å². The molecule has 7 heteroatoms. The number of carboxylic acids is 2. The standard InChI is InChI=1S/C14H12N2O5/c1-21-10-5-3-2-4-9(10)16-11-8(13(17)18)6-7-15-12(11)14(19)20/h2-7,16H,1H3,(H,17,18)(H,19,20). The molecule has 0 aliphatic heterocycles. The largest absolute Gasteiger partial charge is 0.495 e. The molecular weight excluding hydrogens is 276 g/mol. The molecule has 0 atom stereocenters. The van der Waals surface area contributed by atoms with Crippen molar-refractivity contribution < 1.29 is 24.5 Å². The maximum absolute atomic E-state index is 11.2. The zero-order chi connectivity index (χ0) is 15.4. The first kappa shape index (κ1) is 14.3. The molecular formula is C14H12N2O5. The van der Waals surface area contributed by atoms with E-state index < -0.39 is 11.9 Å². The number of benzene rings is 1. The van der Waals surface area contributed by atoms with Crippen LogP contribution in [-0.4, -0.2) is 34.2 Å². The molecule has 0 radical (unpaired) electrons. The molecule has 0 spiro atoms. The zero-order valence-electron chi connectivity index (χ0n) is 11.0. The highest BCUT2D eigenvalue weighted by Crippen LogP contribution is 2.30. The van der Waals surface area contributed by atoms with Crippen molar-refractivity contribution in [1.82, 2.24) is 4.98 Å². The minimum atomic E-state index is -1.32. The summed E-state index contributed by atoms with van der Waals surface area (Å²) in [4.78, 5) is 26.2. The number of para-hydroxylation sites is 2. The van der Waals surface area contributed by atoms with Crippen LogP contribution in [0, 0.1) is 0 Å². The van der Waals surface area contributed by atoms with Gasteiger partial charge in [-0.25, -0.2) is 14.6 Å². The third kappa shape index (κ3) is 2.92. The predicted octanol–water partition coefficient (Wildman–Crippen LogP) is 2.23. The van der Waals surface area contributed by atoms with Crippen molar-refractivity contribution in [2.75, 3.05) is 12.4 Å². The number of rotatable bonds is 5. The SMILES string of the molecule is COc1ccccc1Nc1c(C(=O)O)ccnc1C(=O)O. The van der Waals surface area contributed by atoms with E-state index in [1.807, 2.05) is 0 Å². The van der Waals surface area contributed by atoms with Gasteiger partial charge in [-0.15, -0.1) is 0 Å². The van der Waals surface area contributed by atoms with E-state index >= 15 is 0 Å². The molecule has 2 rings (SSSR count). The summed E-state index contributed by atoms with van der Waals surface area (Å²) >= 11 is 0. The van der Waals surface area contributed by atoms with Crippen LogP contribution in [0.15, 0.2) is 36.5 Å². The minimum Gasteiger partial charge on any atom is -0.495 e. The van der Waals surface area contributed by atoms with Gasteiger partial charge >= 0.3 is 11.9 Å². The van der Waals surface area contributed by atoms with Gasteiger partial charge in [-0.2, -0.15) is 0 Å². The highest BCUT2D eigenvalue weighted by molar-refractivity contribution is 6.03. The number of hydrogen-bond donors (Lipinski definition) is 3. The van der Waals surface area contributed by atoms with Crippen molar-refractivity contribution in [2.45, 2.75) is 0 Å². The van der Waals surface area contributed by atoms with Gasteiger partial charge in [0.1, 0.15) is 5.75 Å². The molecule has 7 nitrogen and oxygen atoms in total. The number of carboxylic acid groups (broad SMARTS) is 2. The lowest BCUT2D eigenvalue weighted by Crippen LogP contribution is -2.11. The maximum atomic E-state index is 11.2. The summed E-state index contributed by atoms with van der Waals surface area (Å²) in [5.74, 6) is -2.12. The Labute approximate surface area is 119 Å². The van der Waals surface area contributed by atoms with Crippen molar-refractivity contribution in [1.29, 1.82) is 0 Å². The first-order valence-electron chi connectivity index (χ1n) is 5.90. The third-order valence-corrected chi connectivity index (χ3v) is 2.75. The summed E-state index contributed by atoms with van der Waals surface area (Å²) in [6.07, 6.45) is 1.14. The van der Waals surface area contributed by atoms with Gasteiger partial charge in [0.2, 0.25) is 0 Å². The quantitative estimate of drug-likeness (QED) is 0.774. The van der Waals surface area contributed by atoms with Crippen LogP contribution in [0.5, 0.6) is 5.75 Å². The molecule has 0 bridgehead atoms. The molecule has 1 heterocycles. The van der Waals surface area contributed by atoms with Gasteiger partial charge < -0.3 is 20.3 Å². The van der Waals surface area contributed by atoms with Crippen molar-refractivity contribution in [3.8, 4) is 5.75 Å². The number of nitrogens with one attached hydrogen (secondary N) is 1. The normalized spacial score (nSPS) is 9.95. The van der Waals surface area contributed by atoms with Crippen LogP contribution in [0.1, 0.15) is 20.8 Å². The topological polar surface area (TPSA) is 109 Å². The van der Waals surface area contributed by atoms with Crippen LogP contribution in [0.4, 0.5) is 11.4 Å². The van der Waals surface area contributed by atoms with Crippen LogP contribution in [0.2, 0.25) is 0 Å². The van der Waals surface area contributed by atoms with E-state index in [1.54, 1.807) is 24.3 Å². The van der Waals surface area contributed by atoms with Crippen molar-refractivity contribution >= 4 is 23.3 Å². The minimum absolute atomic E-state index is 0.0954. The predicted molar refractivity (Wildman–Crippen MR) is 74.4 cm³/mol. The zero-order valence-corrected chi connectivity index (χ0v) is 11.0. The van der Waals surface area contributed by atoms with Crippen molar-refractivity contribution in [3.63, 3.8) is 0 Å². The number of hydrogen-bond acceptors (Lipinski definition) is 5. The van der Waals surface area contributed by atoms with Crippen molar-refractivity contribution in [2.24, 2.45) is 0 Å². The van der Waals surface area contributed by atoms with Gasteiger partial charge in [-0.1, -0.05) is 12.1 Å². The Balaban J connectivity index is 2.56. The second kappa shape index (κ2) is 5.91. The van der Waals surface area contributed by atoms with Crippen LogP contribution in [0.3, 0.4) is 0 Å². The summed E-state index contributed by atoms with van der Waals surface area (Å²) in [5, 5.41) is 21.1. The number of aromatic carboxylic acids is 2. The van der Waals surface area contributed by atoms with E-state index in [2.05, 4.69) is 10.3 Å². The number of nitrogens with zero attached hydrogens (tertiary/aromatic N) is 1. The Morgan fingerprint density at radius 3 is 2.48 bits per heavy atom. The molecule has 2 aromatic rings. The fraction of sp³-hybridized carbons (Fsp3) is 0.0714. The summed E-state index contributed by atoms with van der Waals surface area (Å²) in [5.41, 5.74) is -0.214. The molecule has 0 saturated heterocycles. The van der Waals surface area contributed by atoms with E-state index in [4.69, 9.17) is 9.84 Å². The number of anilines is 2. The Bertz CT molecular complexity index is 667. The van der Waals surface area contributed by atoms with Crippen LogP contribution in [-0.2, 0) is 0 Å². The summed E-state index contributed by atoms with van der Waals surface area (Å²) in [6.45, 7) is 0. The third-order valence-electron chi connectivity index (χ3n) is 2.75. The number of pyridine rings is 1. The lowest BCUT2D eigenvalue weighted by molar-refractivity contribution is 0.0691. The molecule has 0 unspecified atom stereocenters.